The molecule has 2 N–H and O–H groups in total. The lowest BCUT2D eigenvalue weighted by molar-refractivity contribution is -0.120. The molecule has 1 amide bonds. The van der Waals surface area contributed by atoms with Gasteiger partial charge < -0.3 is 10.4 Å². The van der Waals surface area contributed by atoms with Crippen molar-refractivity contribution in [1.29, 1.82) is 0 Å². The Hall–Kier alpha value is -2.00. The van der Waals surface area contributed by atoms with Crippen LogP contribution in [0.4, 0.5) is 4.39 Å². The van der Waals surface area contributed by atoms with Crippen molar-refractivity contribution in [2.45, 2.75) is 11.3 Å². The average molecular weight is 316 g/mol. The molecule has 9 heteroatoms. The molecule has 1 fully saturated rings. The fourth-order valence-corrected chi connectivity index (χ4v) is 3.65. The Labute approximate surface area is 120 Å². The maximum atomic E-state index is 13.3. The molecular weight excluding hydrogens is 303 g/mol. The van der Waals surface area contributed by atoms with E-state index in [1.165, 1.54) is 0 Å². The Morgan fingerprint density at radius 2 is 2.05 bits per heavy atom. The van der Waals surface area contributed by atoms with Crippen LogP contribution in [-0.4, -0.2) is 49.3 Å². The number of aromatic carboxylic acids is 1. The Balaban J connectivity index is 2.46. The van der Waals surface area contributed by atoms with Crippen LogP contribution in [0.3, 0.4) is 0 Å². The summed E-state index contributed by atoms with van der Waals surface area (Å²) in [6, 6.07) is 2.47. The number of carbonyl (C=O) groups is 2. The van der Waals surface area contributed by atoms with E-state index >= 15 is 0 Å². The van der Waals surface area contributed by atoms with Gasteiger partial charge in [-0.05, 0) is 18.2 Å². The first-order valence-corrected chi connectivity index (χ1v) is 7.56. The van der Waals surface area contributed by atoms with Crippen molar-refractivity contribution in [3.8, 4) is 0 Å². The maximum absolute atomic E-state index is 13.3. The summed E-state index contributed by atoms with van der Waals surface area (Å²) in [6.07, 6.45) is -0.0308. The zero-order chi connectivity index (χ0) is 15.6. The van der Waals surface area contributed by atoms with Crippen LogP contribution in [0.5, 0.6) is 0 Å². The molecule has 21 heavy (non-hydrogen) atoms. The normalized spacial score (nSPS) is 17.1. The van der Waals surface area contributed by atoms with Crippen molar-refractivity contribution in [2.75, 3.05) is 19.6 Å². The first-order valence-electron chi connectivity index (χ1n) is 6.12. The highest BCUT2D eigenvalue weighted by Crippen LogP contribution is 2.22. The van der Waals surface area contributed by atoms with Gasteiger partial charge in [-0.25, -0.2) is 17.6 Å². The molecule has 1 aliphatic heterocycles. The molecule has 0 radical (unpaired) electrons. The van der Waals surface area contributed by atoms with Crippen LogP contribution in [0.15, 0.2) is 23.1 Å². The van der Waals surface area contributed by atoms with Crippen LogP contribution < -0.4 is 5.32 Å². The minimum Gasteiger partial charge on any atom is -0.478 e. The van der Waals surface area contributed by atoms with E-state index in [9.17, 15) is 22.4 Å². The van der Waals surface area contributed by atoms with E-state index in [0.717, 1.165) is 16.4 Å². The summed E-state index contributed by atoms with van der Waals surface area (Å²) in [7, 11) is -4.19. The van der Waals surface area contributed by atoms with Gasteiger partial charge in [0, 0.05) is 26.1 Å². The van der Waals surface area contributed by atoms with E-state index in [-0.39, 0.29) is 32.0 Å². The summed E-state index contributed by atoms with van der Waals surface area (Å²) in [5.74, 6) is -2.59. The molecule has 2 rings (SSSR count). The van der Waals surface area contributed by atoms with Gasteiger partial charge in [0.2, 0.25) is 15.9 Å². The second-order valence-electron chi connectivity index (χ2n) is 4.45. The van der Waals surface area contributed by atoms with E-state index in [1.807, 2.05) is 0 Å². The fourth-order valence-electron chi connectivity index (χ4n) is 2.01. The summed E-state index contributed by atoms with van der Waals surface area (Å²) in [5.41, 5.74) is -0.500. The fraction of sp³-hybridized carbons (Fsp3) is 0.333. The molecule has 1 aromatic rings. The molecule has 114 valence electrons. The smallest absolute Gasteiger partial charge is 0.337 e. The molecule has 7 nitrogen and oxygen atoms in total. The summed E-state index contributed by atoms with van der Waals surface area (Å²) in [4.78, 5) is 21.7. The van der Waals surface area contributed by atoms with Crippen LogP contribution in [0.2, 0.25) is 0 Å². The predicted octanol–water partition coefficient (Wildman–Crippen LogP) is 0.0345. The number of nitrogens with one attached hydrogen (secondary N) is 1. The van der Waals surface area contributed by atoms with Crippen LogP contribution in [0.25, 0.3) is 0 Å². The van der Waals surface area contributed by atoms with Gasteiger partial charge in [0.25, 0.3) is 0 Å². The molecule has 1 aromatic carbocycles. The SMILES string of the molecule is O=C1CCN(S(=O)(=O)c2cc(F)ccc2C(=O)O)CCN1. The number of carboxylic acid groups (broad SMARTS) is 1. The highest BCUT2D eigenvalue weighted by atomic mass is 32.2. The van der Waals surface area contributed by atoms with Crippen LogP contribution in [0.1, 0.15) is 16.8 Å². The van der Waals surface area contributed by atoms with Crippen LogP contribution >= 0.6 is 0 Å². The van der Waals surface area contributed by atoms with Gasteiger partial charge in [0.1, 0.15) is 5.82 Å². The van der Waals surface area contributed by atoms with Crippen molar-refractivity contribution >= 4 is 21.9 Å². The van der Waals surface area contributed by atoms with E-state index in [1.54, 1.807) is 0 Å². The highest BCUT2D eigenvalue weighted by molar-refractivity contribution is 7.89. The second kappa shape index (κ2) is 5.78. The Bertz CT molecular complexity index is 689. The average Bonchev–Trinajstić information content (AvgIpc) is 2.63. The minimum absolute atomic E-state index is 0.00362. The summed E-state index contributed by atoms with van der Waals surface area (Å²) in [5, 5.41) is 11.6. The first-order chi connectivity index (χ1) is 9.82. The predicted molar refractivity (Wildman–Crippen MR) is 69.7 cm³/mol. The minimum atomic E-state index is -4.19. The number of benzene rings is 1. The van der Waals surface area contributed by atoms with Crippen molar-refractivity contribution < 1.29 is 27.5 Å². The number of hydrogen-bond acceptors (Lipinski definition) is 4. The third kappa shape index (κ3) is 3.19. The van der Waals surface area contributed by atoms with Gasteiger partial charge in [0.05, 0.1) is 10.5 Å². The molecule has 0 spiro atoms. The van der Waals surface area contributed by atoms with E-state index < -0.39 is 32.3 Å². The molecular formula is C12H13FN2O5S. The van der Waals surface area contributed by atoms with Gasteiger partial charge in [0.15, 0.2) is 0 Å². The van der Waals surface area contributed by atoms with Gasteiger partial charge in [-0.3, -0.25) is 4.79 Å². The molecule has 0 unspecified atom stereocenters. The molecule has 0 saturated carbocycles. The molecule has 0 bridgehead atoms. The third-order valence-corrected chi connectivity index (χ3v) is 5.00. The number of amides is 1. The van der Waals surface area contributed by atoms with E-state index in [2.05, 4.69) is 5.32 Å². The van der Waals surface area contributed by atoms with Gasteiger partial charge in [-0.1, -0.05) is 0 Å². The molecule has 0 aliphatic carbocycles. The van der Waals surface area contributed by atoms with E-state index in [0.29, 0.717) is 6.07 Å². The number of nitrogens with zero attached hydrogens (tertiary/aromatic N) is 1. The Kier molecular flexibility index (Phi) is 4.24. The number of hydrogen-bond donors (Lipinski definition) is 2. The van der Waals surface area contributed by atoms with Crippen molar-refractivity contribution in [3.63, 3.8) is 0 Å². The molecule has 0 atom stereocenters. The third-order valence-electron chi connectivity index (χ3n) is 3.06. The maximum Gasteiger partial charge on any atom is 0.337 e. The van der Waals surface area contributed by atoms with Gasteiger partial charge >= 0.3 is 5.97 Å². The van der Waals surface area contributed by atoms with Gasteiger partial charge in [-0.15, -0.1) is 0 Å². The quantitative estimate of drug-likeness (QED) is 0.819. The first kappa shape index (κ1) is 15.4. The molecule has 0 aromatic heterocycles. The number of carboxylic acids is 1. The summed E-state index contributed by atoms with van der Waals surface area (Å²) in [6.45, 7) is 0.0448. The lowest BCUT2D eigenvalue weighted by Crippen LogP contribution is -2.35. The molecule has 1 saturated heterocycles. The largest absolute Gasteiger partial charge is 0.478 e. The number of rotatable bonds is 3. The lowest BCUT2D eigenvalue weighted by atomic mass is 10.2. The van der Waals surface area contributed by atoms with E-state index in [4.69, 9.17) is 5.11 Å². The van der Waals surface area contributed by atoms with Crippen LogP contribution in [-0.2, 0) is 14.8 Å². The number of sulfonamides is 1. The topological polar surface area (TPSA) is 104 Å². The molecule has 1 aliphatic rings. The zero-order valence-electron chi connectivity index (χ0n) is 10.9. The van der Waals surface area contributed by atoms with Crippen LogP contribution in [0, 0.1) is 5.82 Å². The highest BCUT2D eigenvalue weighted by Gasteiger charge is 2.30. The number of halogens is 1. The van der Waals surface area contributed by atoms with Gasteiger partial charge in [-0.2, -0.15) is 4.31 Å². The zero-order valence-corrected chi connectivity index (χ0v) is 11.7. The Morgan fingerprint density at radius 3 is 2.71 bits per heavy atom. The van der Waals surface area contributed by atoms with Crippen molar-refractivity contribution in [2.24, 2.45) is 0 Å². The van der Waals surface area contributed by atoms with Crippen molar-refractivity contribution in [3.05, 3.63) is 29.6 Å². The number of carbonyl (C=O) groups excluding carboxylic acids is 1. The van der Waals surface area contributed by atoms with Crippen molar-refractivity contribution in [1.82, 2.24) is 9.62 Å². The molecule has 1 heterocycles. The Morgan fingerprint density at radius 1 is 1.33 bits per heavy atom. The standard InChI is InChI=1S/C12H13FN2O5S/c13-8-1-2-9(12(17)18)10(7-8)21(19,20)15-5-3-11(16)14-4-6-15/h1-2,7H,3-6H2,(H,14,16)(H,17,18). The second-order valence-corrected chi connectivity index (χ2v) is 6.36. The summed E-state index contributed by atoms with van der Waals surface area (Å²) >= 11 is 0. The summed E-state index contributed by atoms with van der Waals surface area (Å²) < 4.78 is 39.2. The lowest BCUT2D eigenvalue weighted by Gasteiger charge is -2.20. The monoisotopic (exact) mass is 316 g/mol.